The number of amides is 2. The predicted molar refractivity (Wildman–Crippen MR) is 90.6 cm³/mol. The molecule has 1 aromatic carbocycles. The summed E-state index contributed by atoms with van der Waals surface area (Å²) in [5.74, 6) is -0.243. The second kappa shape index (κ2) is 8.49. The first-order valence-corrected chi connectivity index (χ1v) is 8.20. The Morgan fingerprint density at radius 2 is 2.00 bits per heavy atom. The van der Waals surface area contributed by atoms with Crippen molar-refractivity contribution < 1.29 is 14.0 Å². The molecule has 1 aromatic heterocycles. The van der Waals surface area contributed by atoms with Gasteiger partial charge in [0.25, 0.3) is 5.91 Å². The van der Waals surface area contributed by atoms with Crippen molar-refractivity contribution in [2.75, 3.05) is 13.1 Å². The summed E-state index contributed by atoms with van der Waals surface area (Å²) in [6.45, 7) is 4.78. The molecular formula is C17H20ClN3O3. The highest BCUT2D eigenvalue weighted by molar-refractivity contribution is 6.30. The van der Waals surface area contributed by atoms with Crippen LogP contribution in [0.25, 0.3) is 0 Å². The Morgan fingerprint density at radius 1 is 1.29 bits per heavy atom. The second-order valence-electron chi connectivity index (χ2n) is 5.11. The molecule has 7 heteroatoms. The van der Waals surface area contributed by atoms with Gasteiger partial charge in [-0.25, -0.2) is 4.98 Å². The molecule has 6 nitrogen and oxygen atoms in total. The lowest BCUT2D eigenvalue weighted by atomic mass is 10.1. The quantitative estimate of drug-likeness (QED) is 0.780. The molecule has 0 unspecified atom stereocenters. The zero-order valence-corrected chi connectivity index (χ0v) is 14.4. The SMILES string of the molecule is CCNC(=O)c1coc(CN(CC)C(=O)[C@H](Cl)c2ccccc2)n1. The van der Waals surface area contributed by atoms with Gasteiger partial charge < -0.3 is 14.6 Å². The van der Waals surface area contributed by atoms with Crippen LogP contribution in [0.2, 0.25) is 0 Å². The number of halogens is 1. The van der Waals surface area contributed by atoms with Crippen LogP contribution in [0.15, 0.2) is 41.0 Å². The molecule has 0 aliphatic heterocycles. The third kappa shape index (κ3) is 4.35. The van der Waals surface area contributed by atoms with Gasteiger partial charge in [-0.3, -0.25) is 9.59 Å². The van der Waals surface area contributed by atoms with E-state index in [1.54, 1.807) is 0 Å². The Bertz CT molecular complexity index is 687. The Hall–Kier alpha value is -2.34. The fourth-order valence-electron chi connectivity index (χ4n) is 2.17. The third-order valence-corrected chi connectivity index (χ3v) is 3.89. The van der Waals surface area contributed by atoms with Crippen LogP contribution in [-0.4, -0.2) is 34.8 Å². The summed E-state index contributed by atoms with van der Waals surface area (Å²) < 4.78 is 5.29. The van der Waals surface area contributed by atoms with Gasteiger partial charge in [0.15, 0.2) is 5.69 Å². The van der Waals surface area contributed by atoms with Gasteiger partial charge in [0.2, 0.25) is 11.8 Å². The molecule has 24 heavy (non-hydrogen) atoms. The minimum atomic E-state index is -0.774. The van der Waals surface area contributed by atoms with E-state index < -0.39 is 5.38 Å². The van der Waals surface area contributed by atoms with Gasteiger partial charge in [-0.15, -0.1) is 11.6 Å². The van der Waals surface area contributed by atoms with Crippen LogP contribution in [0.5, 0.6) is 0 Å². The van der Waals surface area contributed by atoms with Crippen molar-refractivity contribution in [1.82, 2.24) is 15.2 Å². The van der Waals surface area contributed by atoms with Gasteiger partial charge in [-0.2, -0.15) is 0 Å². The summed E-state index contributed by atoms with van der Waals surface area (Å²) in [4.78, 5) is 29.9. The van der Waals surface area contributed by atoms with E-state index in [2.05, 4.69) is 10.3 Å². The average molecular weight is 350 g/mol. The maximum Gasteiger partial charge on any atom is 0.273 e. The number of hydrogen-bond donors (Lipinski definition) is 1. The van der Waals surface area contributed by atoms with Crippen LogP contribution in [0.3, 0.4) is 0 Å². The van der Waals surface area contributed by atoms with Crippen LogP contribution in [-0.2, 0) is 11.3 Å². The van der Waals surface area contributed by atoms with Crippen LogP contribution in [0.4, 0.5) is 0 Å². The predicted octanol–water partition coefficient (Wildman–Crippen LogP) is 2.75. The first-order valence-electron chi connectivity index (χ1n) is 7.77. The highest BCUT2D eigenvalue weighted by Gasteiger charge is 2.24. The minimum Gasteiger partial charge on any atom is -0.446 e. The summed E-state index contributed by atoms with van der Waals surface area (Å²) in [6, 6.07) is 9.15. The highest BCUT2D eigenvalue weighted by atomic mass is 35.5. The molecule has 0 spiro atoms. The van der Waals surface area contributed by atoms with E-state index in [-0.39, 0.29) is 24.1 Å². The van der Waals surface area contributed by atoms with Crippen molar-refractivity contribution >= 4 is 23.4 Å². The summed E-state index contributed by atoms with van der Waals surface area (Å²) >= 11 is 6.29. The summed E-state index contributed by atoms with van der Waals surface area (Å²) in [5.41, 5.74) is 0.930. The van der Waals surface area contributed by atoms with Gasteiger partial charge in [0.1, 0.15) is 11.6 Å². The lowest BCUT2D eigenvalue weighted by Gasteiger charge is -2.22. The molecule has 0 radical (unpaired) electrons. The largest absolute Gasteiger partial charge is 0.446 e. The van der Waals surface area contributed by atoms with Crippen molar-refractivity contribution in [3.63, 3.8) is 0 Å². The van der Waals surface area contributed by atoms with E-state index in [0.29, 0.717) is 19.0 Å². The number of alkyl halides is 1. The molecule has 0 fully saturated rings. The molecule has 0 aliphatic rings. The number of carbonyl (C=O) groups excluding carboxylic acids is 2. The van der Waals surface area contributed by atoms with Crippen LogP contribution >= 0.6 is 11.6 Å². The summed E-state index contributed by atoms with van der Waals surface area (Å²) in [6.07, 6.45) is 1.29. The van der Waals surface area contributed by atoms with Crippen LogP contribution < -0.4 is 5.32 Å². The Balaban J connectivity index is 2.06. The van der Waals surface area contributed by atoms with E-state index >= 15 is 0 Å². The summed E-state index contributed by atoms with van der Waals surface area (Å²) in [7, 11) is 0. The molecular weight excluding hydrogens is 330 g/mol. The molecule has 128 valence electrons. The Kier molecular flexibility index (Phi) is 6.37. The molecule has 0 saturated heterocycles. The second-order valence-corrected chi connectivity index (χ2v) is 5.55. The van der Waals surface area contributed by atoms with Crippen molar-refractivity contribution in [2.45, 2.75) is 25.8 Å². The smallest absolute Gasteiger partial charge is 0.273 e. The van der Waals surface area contributed by atoms with Crippen molar-refractivity contribution in [3.8, 4) is 0 Å². The van der Waals surface area contributed by atoms with Crippen molar-refractivity contribution in [2.24, 2.45) is 0 Å². The van der Waals surface area contributed by atoms with Crippen LogP contribution in [0, 0.1) is 0 Å². The number of aromatic nitrogens is 1. The van der Waals surface area contributed by atoms with Gasteiger partial charge >= 0.3 is 0 Å². The average Bonchev–Trinajstić information content (AvgIpc) is 3.08. The molecule has 2 rings (SSSR count). The zero-order valence-electron chi connectivity index (χ0n) is 13.7. The monoisotopic (exact) mass is 349 g/mol. The fraction of sp³-hybridized carbons (Fsp3) is 0.353. The number of nitrogens with zero attached hydrogens (tertiary/aromatic N) is 2. The highest BCUT2D eigenvalue weighted by Crippen LogP contribution is 2.23. The lowest BCUT2D eigenvalue weighted by molar-refractivity contribution is -0.131. The van der Waals surface area contributed by atoms with E-state index in [1.165, 1.54) is 11.2 Å². The number of rotatable bonds is 7. The molecule has 0 aliphatic carbocycles. The zero-order chi connectivity index (χ0) is 17.5. The minimum absolute atomic E-state index is 0.158. The number of likely N-dealkylation sites (N-methyl/N-ethyl adjacent to an activating group) is 1. The lowest BCUT2D eigenvalue weighted by Crippen LogP contribution is -2.33. The van der Waals surface area contributed by atoms with Gasteiger partial charge in [0, 0.05) is 13.1 Å². The van der Waals surface area contributed by atoms with E-state index in [0.717, 1.165) is 5.56 Å². The van der Waals surface area contributed by atoms with Gasteiger partial charge in [-0.1, -0.05) is 30.3 Å². The van der Waals surface area contributed by atoms with Gasteiger partial charge in [0.05, 0.1) is 6.54 Å². The van der Waals surface area contributed by atoms with Crippen LogP contribution in [0.1, 0.15) is 41.2 Å². The number of nitrogens with one attached hydrogen (secondary N) is 1. The summed E-state index contributed by atoms with van der Waals surface area (Å²) in [5, 5.41) is 1.87. The Labute approximate surface area is 145 Å². The van der Waals surface area contributed by atoms with E-state index in [4.69, 9.17) is 16.0 Å². The van der Waals surface area contributed by atoms with E-state index in [9.17, 15) is 9.59 Å². The first-order chi connectivity index (χ1) is 11.6. The molecule has 0 bridgehead atoms. The fourth-order valence-corrected chi connectivity index (χ4v) is 2.46. The van der Waals surface area contributed by atoms with E-state index in [1.807, 2.05) is 44.2 Å². The third-order valence-electron chi connectivity index (χ3n) is 3.45. The molecule has 2 amide bonds. The molecule has 1 atom stereocenters. The maximum atomic E-state index is 12.6. The van der Waals surface area contributed by atoms with Crippen molar-refractivity contribution in [3.05, 3.63) is 53.7 Å². The van der Waals surface area contributed by atoms with Crippen molar-refractivity contribution in [1.29, 1.82) is 0 Å². The molecule has 1 N–H and O–H groups in total. The Morgan fingerprint density at radius 3 is 2.62 bits per heavy atom. The topological polar surface area (TPSA) is 75.4 Å². The molecule has 0 saturated carbocycles. The maximum absolute atomic E-state index is 12.6. The normalized spacial score (nSPS) is 11.8. The number of carbonyl (C=O) groups is 2. The standard InChI is InChI=1S/C17H20ClN3O3/c1-3-19-16(22)13-11-24-14(20-13)10-21(4-2)17(23)15(18)12-8-6-5-7-9-12/h5-9,11,15H,3-4,10H2,1-2H3,(H,19,22)/t15-/m1/s1. The number of benzene rings is 1. The molecule has 1 heterocycles. The molecule has 2 aromatic rings. The first kappa shape index (κ1) is 18.0. The number of oxazole rings is 1. The van der Waals surface area contributed by atoms with Gasteiger partial charge in [-0.05, 0) is 19.4 Å². The number of hydrogen-bond acceptors (Lipinski definition) is 4.